The summed E-state index contributed by atoms with van der Waals surface area (Å²) in [5.41, 5.74) is 4.29. The van der Waals surface area contributed by atoms with Crippen LogP contribution in [-0.2, 0) is 22.6 Å². The third kappa shape index (κ3) is 4.93. The summed E-state index contributed by atoms with van der Waals surface area (Å²) in [6.07, 6.45) is 0.202. The zero-order valence-electron chi connectivity index (χ0n) is 15.4. The molecule has 5 heteroatoms. The highest BCUT2D eigenvalue weighted by atomic mass is 16.2. The number of amides is 2. The summed E-state index contributed by atoms with van der Waals surface area (Å²) in [7, 11) is 1.56. The quantitative estimate of drug-likeness (QED) is 0.871. The first-order valence-electron chi connectivity index (χ1n) is 8.47. The largest absolute Gasteiger partial charge is 0.358 e. The van der Waals surface area contributed by atoms with Crippen molar-refractivity contribution in [2.75, 3.05) is 13.6 Å². The predicted octanol–water partition coefficient (Wildman–Crippen LogP) is 2.49. The molecule has 0 saturated heterocycles. The van der Waals surface area contributed by atoms with Gasteiger partial charge in [0.25, 0.3) is 0 Å². The SMILES string of the molecule is CNC(=O)CN(Cc1ccccc1)C(=O)Cc1c(C)cc(C#N)cc1C. The first kappa shape index (κ1) is 19.2. The number of rotatable bonds is 6. The van der Waals surface area contributed by atoms with Crippen LogP contribution in [0.2, 0.25) is 0 Å². The van der Waals surface area contributed by atoms with Crippen molar-refractivity contribution in [3.63, 3.8) is 0 Å². The first-order chi connectivity index (χ1) is 12.4. The number of carbonyl (C=O) groups is 2. The molecule has 0 unspecified atom stereocenters. The lowest BCUT2D eigenvalue weighted by molar-refractivity contribution is -0.136. The second-order valence-electron chi connectivity index (χ2n) is 6.29. The third-order valence-electron chi connectivity index (χ3n) is 4.34. The Hall–Kier alpha value is -3.13. The minimum atomic E-state index is -0.206. The summed E-state index contributed by atoms with van der Waals surface area (Å²) < 4.78 is 0. The molecule has 0 saturated carbocycles. The molecule has 0 radical (unpaired) electrons. The van der Waals surface area contributed by atoms with Crippen molar-refractivity contribution < 1.29 is 9.59 Å². The topological polar surface area (TPSA) is 73.2 Å². The van der Waals surface area contributed by atoms with Gasteiger partial charge >= 0.3 is 0 Å². The Morgan fingerprint density at radius 2 is 1.73 bits per heavy atom. The van der Waals surface area contributed by atoms with Crippen LogP contribution >= 0.6 is 0 Å². The van der Waals surface area contributed by atoms with Gasteiger partial charge in [-0.1, -0.05) is 30.3 Å². The summed E-state index contributed by atoms with van der Waals surface area (Å²) >= 11 is 0. The van der Waals surface area contributed by atoms with E-state index in [1.54, 1.807) is 24.1 Å². The fourth-order valence-electron chi connectivity index (χ4n) is 2.89. The van der Waals surface area contributed by atoms with E-state index in [1.165, 1.54) is 0 Å². The number of nitrogens with one attached hydrogen (secondary N) is 1. The predicted molar refractivity (Wildman–Crippen MR) is 100 cm³/mol. The van der Waals surface area contributed by atoms with Gasteiger partial charge in [0.2, 0.25) is 11.8 Å². The van der Waals surface area contributed by atoms with Crippen molar-refractivity contribution in [1.82, 2.24) is 10.2 Å². The minimum absolute atomic E-state index is 0.0125. The second kappa shape index (κ2) is 8.82. The van der Waals surface area contributed by atoms with Gasteiger partial charge in [-0.05, 0) is 48.2 Å². The lowest BCUT2D eigenvalue weighted by Gasteiger charge is -2.23. The number of benzene rings is 2. The van der Waals surface area contributed by atoms with Gasteiger partial charge in [0, 0.05) is 13.6 Å². The van der Waals surface area contributed by atoms with Crippen molar-refractivity contribution in [3.8, 4) is 6.07 Å². The summed E-state index contributed by atoms with van der Waals surface area (Å²) in [6.45, 7) is 4.19. The third-order valence-corrected chi connectivity index (χ3v) is 4.34. The lowest BCUT2D eigenvalue weighted by atomic mass is 9.96. The van der Waals surface area contributed by atoms with Gasteiger partial charge in [-0.3, -0.25) is 9.59 Å². The van der Waals surface area contributed by atoms with E-state index in [0.717, 1.165) is 22.3 Å². The van der Waals surface area contributed by atoms with Gasteiger partial charge in [0.1, 0.15) is 0 Å². The number of aryl methyl sites for hydroxylation is 2. The molecule has 0 bridgehead atoms. The van der Waals surface area contributed by atoms with Gasteiger partial charge in [-0.25, -0.2) is 0 Å². The Bertz CT molecular complexity index is 815. The number of nitriles is 1. The molecule has 1 N–H and O–H groups in total. The molecule has 0 aromatic heterocycles. The molecule has 0 aliphatic heterocycles. The van der Waals surface area contributed by atoms with Crippen LogP contribution in [0.1, 0.15) is 27.8 Å². The van der Waals surface area contributed by atoms with E-state index in [1.807, 2.05) is 44.2 Å². The summed E-state index contributed by atoms with van der Waals surface area (Å²) in [4.78, 5) is 26.3. The highest BCUT2D eigenvalue weighted by Gasteiger charge is 2.19. The van der Waals surface area contributed by atoms with Gasteiger partial charge in [0.05, 0.1) is 24.6 Å². The van der Waals surface area contributed by atoms with Gasteiger partial charge in [0.15, 0.2) is 0 Å². The van der Waals surface area contributed by atoms with E-state index < -0.39 is 0 Å². The molecule has 0 aliphatic rings. The minimum Gasteiger partial charge on any atom is -0.358 e. The maximum atomic E-state index is 12.9. The van der Waals surface area contributed by atoms with Crippen LogP contribution in [0.4, 0.5) is 0 Å². The Morgan fingerprint density at radius 1 is 1.12 bits per heavy atom. The zero-order chi connectivity index (χ0) is 19.1. The molecule has 2 aromatic rings. The van der Waals surface area contributed by atoms with Crippen molar-refractivity contribution in [2.24, 2.45) is 0 Å². The molecular formula is C21H23N3O2. The highest BCUT2D eigenvalue weighted by molar-refractivity contribution is 5.86. The maximum Gasteiger partial charge on any atom is 0.239 e. The Kier molecular flexibility index (Phi) is 6.51. The number of hydrogen-bond acceptors (Lipinski definition) is 3. The van der Waals surface area contributed by atoms with Crippen LogP contribution in [-0.4, -0.2) is 30.3 Å². The van der Waals surface area contributed by atoms with E-state index in [0.29, 0.717) is 12.1 Å². The molecule has 2 aromatic carbocycles. The van der Waals surface area contributed by atoms with E-state index in [4.69, 9.17) is 5.26 Å². The Morgan fingerprint density at radius 3 is 2.27 bits per heavy atom. The van der Waals surface area contributed by atoms with Crippen LogP contribution < -0.4 is 5.32 Å². The summed E-state index contributed by atoms with van der Waals surface area (Å²) in [6, 6.07) is 15.3. The summed E-state index contributed by atoms with van der Waals surface area (Å²) in [5, 5.41) is 11.6. The van der Waals surface area contributed by atoms with Crippen LogP contribution in [0.3, 0.4) is 0 Å². The highest BCUT2D eigenvalue weighted by Crippen LogP contribution is 2.18. The fraction of sp³-hybridized carbons (Fsp3) is 0.286. The number of hydrogen-bond donors (Lipinski definition) is 1. The smallest absolute Gasteiger partial charge is 0.239 e. The number of likely N-dealkylation sites (N-methyl/N-ethyl adjacent to an activating group) is 1. The second-order valence-corrected chi connectivity index (χ2v) is 6.29. The molecule has 0 aliphatic carbocycles. The lowest BCUT2D eigenvalue weighted by Crippen LogP contribution is -2.40. The molecule has 0 heterocycles. The molecule has 0 atom stereocenters. The standard InChI is InChI=1S/C21H23N3O2/c1-15-9-18(12-22)10-16(2)19(15)11-21(26)24(14-20(25)23-3)13-17-7-5-4-6-8-17/h4-10H,11,13-14H2,1-3H3,(H,23,25). The van der Waals surface area contributed by atoms with Gasteiger partial charge < -0.3 is 10.2 Å². The monoisotopic (exact) mass is 349 g/mol. The number of nitrogens with zero attached hydrogens (tertiary/aromatic N) is 2. The van der Waals surface area contributed by atoms with Crippen molar-refractivity contribution >= 4 is 11.8 Å². The van der Waals surface area contributed by atoms with E-state index >= 15 is 0 Å². The van der Waals surface area contributed by atoms with Crippen molar-refractivity contribution in [3.05, 3.63) is 70.3 Å². The molecule has 26 heavy (non-hydrogen) atoms. The van der Waals surface area contributed by atoms with E-state index in [2.05, 4.69) is 11.4 Å². The van der Waals surface area contributed by atoms with Crippen LogP contribution in [0.5, 0.6) is 0 Å². The Labute approximate surface area is 154 Å². The van der Waals surface area contributed by atoms with E-state index in [9.17, 15) is 9.59 Å². The average molecular weight is 349 g/mol. The van der Waals surface area contributed by atoms with Crippen molar-refractivity contribution in [1.29, 1.82) is 5.26 Å². The number of carbonyl (C=O) groups excluding carboxylic acids is 2. The van der Waals surface area contributed by atoms with Gasteiger partial charge in [-0.2, -0.15) is 5.26 Å². The normalized spacial score (nSPS) is 10.1. The van der Waals surface area contributed by atoms with E-state index in [-0.39, 0.29) is 24.8 Å². The summed E-state index contributed by atoms with van der Waals surface area (Å²) in [5.74, 6) is -0.323. The average Bonchev–Trinajstić information content (AvgIpc) is 2.64. The molecule has 134 valence electrons. The zero-order valence-corrected chi connectivity index (χ0v) is 15.4. The van der Waals surface area contributed by atoms with Crippen LogP contribution in [0, 0.1) is 25.2 Å². The molecule has 5 nitrogen and oxygen atoms in total. The van der Waals surface area contributed by atoms with Crippen LogP contribution in [0.25, 0.3) is 0 Å². The molecular weight excluding hydrogens is 326 g/mol. The van der Waals surface area contributed by atoms with Crippen LogP contribution in [0.15, 0.2) is 42.5 Å². The maximum absolute atomic E-state index is 12.9. The van der Waals surface area contributed by atoms with Crippen molar-refractivity contribution in [2.45, 2.75) is 26.8 Å². The fourth-order valence-corrected chi connectivity index (χ4v) is 2.89. The molecule has 0 spiro atoms. The molecule has 2 amide bonds. The van der Waals surface area contributed by atoms with Gasteiger partial charge in [-0.15, -0.1) is 0 Å². The molecule has 2 rings (SSSR count). The Balaban J connectivity index is 2.23. The first-order valence-corrected chi connectivity index (χ1v) is 8.47. The molecule has 0 fully saturated rings.